The minimum Gasteiger partial charge on any atom is -0.461 e. The van der Waals surface area contributed by atoms with Crippen molar-refractivity contribution in [3.8, 4) is 0 Å². The third-order valence-electron chi connectivity index (χ3n) is 3.18. The number of carbonyl (C=O) groups excluding carboxylic acids is 2. The lowest BCUT2D eigenvalue weighted by atomic mass is 10.00. The molecular formula is C18H23NO3. The number of carbonyl (C=O) groups is 2. The molecule has 0 saturated heterocycles. The van der Waals surface area contributed by atoms with Crippen LogP contribution in [-0.2, 0) is 4.74 Å². The van der Waals surface area contributed by atoms with Crippen molar-refractivity contribution in [3.63, 3.8) is 0 Å². The summed E-state index contributed by atoms with van der Waals surface area (Å²) in [5.41, 5.74) is 2.81. The van der Waals surface area contributed by atoms with Crippen LogP contribution in [0.2, 0.25) is 0 Å². The van der Waals surface area contributed by atoms with Crippen LogP contribution in [0.15, 0.2) is 30.3 Å². The van der Waals surface area contributed by atoms with Gasteiger partial charge in [0.1, 0.15) is 5.69 Å². The van der Waals surface area contributed by atoms with Gasteiger partial charge in [-0.3, -0.25) is 4.79 Å². The highest BCUT2D eigenvalue weighted by atomic mass is 16.5. The molecule has 0 saturated carbocycles. The van der Waals surface area contributed by atoms with Gasteiger partial charge in [-0.15, -0.1) is 0 Å². The minimum absolute atomic E-state index is 0.0904. The van der Waals surface area contributed by atoms with Gasteiger partial charge >= 0.3 is 5.97 Å². The topological polar surface area (TPSA) is 59.2 Å². The van der Waals surface area contributed by atoms with E-state index in [9.17, 15) is 9.59 Å². The first-order valence-electron chi connectivity index (χ1n) is 7.52. The highest BCUT2D eigenvalue weighted by molar-refractivity contribution is 6.12. The first-order chi connectivity index (χ1) is 10.6. The number of nitrogens with one attached hydrogen (secondary N) is 1. The molecule has 22 heavy (non-hydrogen) atoms. The normalized spacial score (nSPS) is 9.68. The van der Waals surface area contributed by atoms with Gasteiger partial charge in [-0.05, 0) is 26.3 Å². The molecule has 2 aromatic rings. The Morgan fingerprint density at radius 1 is 1.09 bits per heavy atom. The van der Waals surface area contributed by atoms with Gasteiger partial charge in [0.05, 0.1) is 6.61 Å². The second kappa shape index (κ2) is 8.17. The predicted octanol–water partition coefficient (Wildman–Crippen LogP) is 4.07. The van der Waals surface area contributed by atoms with Crippen LogP contribution < -0.4 is 0 Å². The Morgan fingerprint density at radius 3 is 2.23 bits per heavy atom. The van der Waals surface area contributed by atoms with Crippen LogP contribution in [0.3, 0.4) is 0 Å². The Morgan fingerprint density at radius 2 is 1.68 bits per heavy atom. The summed E-state index contributed by atoms with van der Waals surface area (Å²) >= 11 is 0. The Bertz CT molecular complexity index is 642. The molecule has 2 rings (SSSR count). The van der Waals surface area contributed by atoms with Crippen molar-refractivity contribution in [1.82, 2.24) is 4.98 Å². The number of ether oxygens (including phenoxy) is 1. The van der Waals surface area contributed by atoms with Crippen LogP contribution in [0.1, 0.15) is 58.4 Å². The summed E-state index contributed by atoms with van der Waals surface area (Å²) in [6.45, 7) is 9.59. The fraction of sp³-hybridized carbons (Fsp3) is 0.333. The quantitative estimate of drug-likeness (QED) is 0.684. The molecule has 0 spiro atoms. The Balaban J connectivity index is 0.00000116. The summed E-state index contributed by atoms with van der Waals surface area (Å²) < 4.78 is 4.98. The molecule has 0 aliphatic rings. The largest absolute Gasteiger partial charge is 0.461 e. The van der Waals surface area contributed by atoms with Crippen LogP contribution in [0.4, 0.5) is 0 Å². The van der Waals surface area contributed by atoms with Crippen molar-refractivity contribution in [2.45, 2.75) is 34.6 Å². The van der Waals surface area contributed by atoms with E-state index in [4.69, 9.17) is 4.74 Å². The van der Waals surface area contributed by atoms with Crippen LogP contribution in [0.5, 0.6) is 0 Å². The standard InChI is InChI=1S/C16H17NO3.C2H6/c1-4-20-16(19)14-10(2)13(11(3)17-14)15(18)12-8-6-5-7-9-12;1-2/h5-9,17H,4H2,1-3H3;1-2H3. The number of aromatic amines is 1. The summed E-state index contributed by atoms with van der Waals surface area (Å²) in [4.78, 5) is 27.3. The number of esters is 1. The van der Waals surface area contributed by atoms with Crippen molar-refractivity contribution in [2.24, 2.45) is 0 Å². The molecule has 0 atom stereocenters. The fourth-order valence-electron chi connectivity index (χ4n) is 2.23. The first kappa shape index (κ1) is 17.7. The summed E-state index contributed by atoms with van der Waals surface area (Å²) in [5.74, 6) is -0.521. The summed E-state index contributed by atoms with van der Waals surface area (Å²) in [7, 11) is 0. The molecule has 1 aromatic heterocycles. The number of H-pyrrole nitrogens is 1. The molecule has 0 unspecified atom stereocenters. The number of rotatable bonds is 4. The Kier molecular flexibility index (Phi) is 6.57. The van der Waals surface area contributed by atoms with E-state index in [1.807, 2.05) is 32.0 Å². The minimum atomic E-state index is -0.430. The molecule has 0 bridgehead atoms. The van der Waals surface area contributed by atoms with Gasteiger partial charge in [0.2, 0.25) is 0 Å². The van der Waals surface area contributed by atoms with Gasteiger partial charge in [0, 0.05) is 16.8 Å². The van der Waals surface area contributed by atoms with Crippen LogP contribution >= 0.6 is 0 Å². The average Bonchev–Trinajstić information content (AvgIpc) is 2.84. The maximum Gasteiger partial charge on any atom is 0.355 e. The highest BCUT2D eigenvalue weighted by Gasteiger charge is 2.23. The second-order valence-corrected chi connectivity index (χ2v) is 4.54. The van der Waals surface area contributed by atoms with Crippen LogP contribution in [0, 0.1) is 13.8 Å². The van der Waals surface area contributed by atoms with Gasteiger partial charge in [-0.25, -0.2) is 4.79 Å². The van der Waals surface area contributed by atoms with Crippen molar-refractivity contribution in [3.05, 3.63) is 58.4 Å². The third-order valence-corrected chi connectivity index (χ3v) is 3.18. The van der Waals surface area contributed by atoms with E-state index < -0.39 is 5.97 Å². The van der Waals surface area contributed by atoms with Gasteiger partial charge in [0.25, 0.3) is 0 Å². The first-order valence-corrected chi connectivity index (χ1v) is 7.52. The maximum absolute atomic E-state index is 12.5. The number of aromatic nitrogens is 1. The molecule has 0 amide bonds. The van der Waals surface area contributed by atoms with Crippen molar-refractivity contribution in [2.75, 3.05) is 6.61 Å². The SMILES string of the molecule is CC.CCOC(=O)c1[nH]c(C)c(C(=O)c2ccccc2)c1C. The monoisotopic (exact) mass is 301 g/mol. The van der Waals surface area contributed by atoms with E-state index in [1.165, 1.54) is 0 Å². The lowest BCUT2D eigenvalue weighted by Gasteiger charge is -2.03. The van der Waals surface area contributed by atoms with E-state index in [-0.39, 0.29) is 5.78 Å². The van der Waals surface area contributed by atoms with Crippen LogP contribution in [0.25, 0.3) is 0 Å². The Hall–Kier alpha value is -2.36. The van der Waals surface area contributed by atoms with E-state index in [0.29, 0.717) is 34.7 Å². The number of ketones is 1. The van der Waals surface area contributed by atoms with E-state index in [1.54, 1.807) is 32.9 Å². The predicted molar refractivity (Wildman–Crippen MR) is 87.4 cm³/mol. The lowest BCUT2D eigenvalue weighted by Crippen LogP contribution is -2.08. The second-order valence-electron chi connectivity index (χ2n) is 4.54. The summed E-state index contributed by atoms with van der Waals surface area (Å²) in [6, 6.07) is 9.02. The van der Waals surface area contributed by atoms with Crippen molar-refractivity contribution in [1.29, 1.82) is 0 Å². The van der Waals surface area contributed by atoms with Crippen molar-refractivity contribution < 1.29 is 14.3 Å². The molecule has 4 heteroatoms. The molecule has 1 heterocycles. The Labute approximate surface area is 131 Å². The highest BCUT2D eigenvalue weighted by Crippen LogP contribution is 2.22. The lowest BCUT2D eigenvalue weighted by molar-refractivity contribution is 0.0519. The molecular weight excluding hydrogens is 278 g/mol. The number of hydrogen-bond acceptors (Lipinski definition) is 3. The van der Waals surface area contributed by atoms with E-state index in [0.717, 1.165) is 0 Å². The molecule has 118 valence electrons. The smallest absolute Gasteiger partial charge is 0.355 e. The van der Waals surface area contributed by atoms with Crippen LogP contribution in [-0.4, -0.2) is 23.3 Å². The van der Waals surface area contributed by atoms with E-state index in [2.05, 4.69) is 4.98 Å². The number of aryl methyl sites for hydroxylation is 1. The molecule has 0 fully saturated rings. The van der Waals surface area contributed by atoms with Gasteiger partial charge in [-0.2, -0.15) is 0 Å². The molecule has 4 nitrogen and oxygen atoms in total. The molecule has 0 aliphatic carbocycles. The zero-order valence-corrected chi connectivity index (χ0v) is 13.8. The number of benzene rings is 1. The fourth-order valence-corrected chi connectivity index (χ4v) is 2.23. The molecule has 1 N–H and O–H groups in total. The zero-order valence-electron chi connectivity index (χ0n) is 13.8. The zero-order chi connectivity index (χ0) is 16.7. The summed E-state index contributed by atoms with van der Waals surface area (Å²) in [5, 5.41) is 0. The molecule has 0 aliphatic heterocycles. The van der Waals surface area contributed by atoms with Gasteiger partial charge < -0.3 is 9.72 Å². The van der Waals surface area contributed by atoms with E-state index >= 15 is 0 Å². The maximum atomic E-state index is 12.5. The van der Waals surface area contributed by atoms with Gasteiger partial charge in [-0.1, -0.05) is 44.2 Å². The van der Waals surface area contributed by atoms with Crippen molar-refractivity contribution >= 4 is 11.8 Å². The third kappa shape index (κ3) is 3.64. The number of hydrogen-bond donors (Lipinski definition) is 1. The average molecular weight is 301 g/mol. The van der Waals surface area contributed by atoms with Gasteiger partial charge in [0.15, 0.2) is 5.78 Å². The summed E-state index contributed by atoms with van der Waals surface area (Å²) in [6.07, 6.45) is 0. The molecule has 0 radical (unpaired) electrons. The molecule has 1 aromatic carbocycles.